The highest BCUT2D eigenvalue weighted by atomic mass is 16.5. The zero-order valence-corrected chi connectivity index (χ0v) is 11.8. The van der Waals surface area contributed by atoms with Gasteiger partial charge in [0.1, 0.15) is 18.2 Å². The summed E-state index contributed by atoms with van der Waals surface area (Å²) in [7, 11) is 1.96. The van der Waals surface area contributed by atoms with E-state index in [9.17, 15) is 0 Å². The molecule has 0 bridgehead atoms. The molecule has 0 aliphatic rings. The van der Waals surface area contributed by atoms with Gasteiger partial charge in [0.15, 0.2) is 0 Å². The zero-order valence-electron chi connectivity index (χ0n) is 11.8. The highest BCUT2D eigenvalue weighted by molar-refractivity contribution is 5.28. The molecule has 0 fully saturated rings. The van der Waals surface area contributed by atoms with Crippen molar-refractivity contribution in [3.63, 3.8) is 0 Å². The number of benzene rings is 1. The molecule has 0 radical (unpaired) electrons. The predicted molar refractivity (Wildman–Crippen MR) is 76.4 cm³/mol. The minimum Gasteiger partial charge on any atom is -0.492 e. The largest absolute Gasteiger partial charge is 0.492 e. The molecule has 1 unspecified atom stereocenters. The van der Waals surface area contributed by atoms with Crippen LogP contribution in [-0.2, 0) is 6.54 Å². The molecule has 1 aromatic carbocycles. The lowest BCUT2D eigenvalue weighted by Crippen LogP contribution is -2.12. The number of hydrogen-bond donors (Lipinski definition) is 1. The Morgan fingerprint density at radius 3 is 2.63 bits per heavy atom. The number of ether oxygens (including phenoxy) is 1. The SMILES string of the molecule is CNC(C)c1ccc(OCCn2ccnc2C)cc1. The lowest BCUT2D eigenvalue weighted by Gasteiger charge is -2.12. The van der Waals surface area contributed by atoms with Crippen molar-refractivity contribution in [3.05, 3.63) is 48.0 Å². The van der Waals surface area contributed by atoms with Gasteiger partial charge in [0.05, 0.1) is 6.54 Å². The normalized spacial score (nSPS) is 12.4. The van der Waals surface area contributed by atoms with Gasteiger partial charge in [-0.05, 0) is 38.6 Å². The summed E-state index contributed by atoms with van der Waals surface area (Å²) in [5.74, 6) is 1.92. The molecule has 19 heavy (non-hydrogen) atoms. The molecule has 4 nitrogen and oxygen atoms in total. The Bertz CT molecular complexity index is 504. The topological polar surface area (TPSA) is 39.1 Å². The van der Waals surface area contributed by atoms with E-state index in [-0.39, 0.29) is 0 Å². The van der Waals surface area contributed by atoms with Crippen molar-refractivity contribution in [2.24, 2.45) is 0 Å². The first-order valence-electron chi connectivity index (χ1n) is 6.58. The van der Waals surface area contributed by atoms with Crippen LogP contribution in [-0.4, -0.2) is 23.2 Å². The molecular formula is C15H21N3O. The monoisotopic (exact) mass is 259 g/mol. The maximum Gasteiger partial charge on any atom is 0.119 e. The fourth-order valence-electron chi connectivity index (χ4n) is 1.92. The van der Waals surface area contributed by atoms with Crippen LogP contribution in [0.25, 0.3) is 0 Å². The van der Waals surface area contributed by atoms with Crippen LogP contribution in [0.3, 0.4) is 0 Å². The molecule has 1 heterocycles. The molecule has 0 spiro atoms. The molecule has 1 atom stereocenters. The van der Waals surface area contributed by atoms with Crippen molar-refractivity contribution in [2.45, 2.75) is 26.4 Å². The molecular weight excluding hydrogens is 238 g/mol. The third-order valence-electron chi connectivity index (χ3n) is 3.34. The van der Waals surface area contributed by atoms with Gasteiger partial charge >= 0.3 is 0 Å². The minimum atomic E-state index is 0.364. The van der Waals surface area contributed by atoms with Gasteiger partial charge in [-0.1, -0.05) is 12.1 Å². The van der Waals surface area contributed by atoms with E-state index >= 15 is 0 Å². The molecule has 102 valence electrons. The number of aryl methyl sites for hydroxylation is 1. The van der Waals surface area contributed by atoms with Gasteiger partial charge in [-0.3, -0.25) is 0 Å². The molecule has 0 amide bonds. The molecule has 2 aromatic rings. The maximum absolute atomic E-state index is 5.73. The van der Waals surface area contributed by atoms with Gasteiger partial charge in [-0.2, -0.15) is 0 Å². The van der Waals surface area contributed by atoms with Crippen molar-refractivity contribution >= 4 is 0 Å². The lowest BCUT2D eigenvalue weighted by molar-refractivity contribution is 0.297. The highest BCUT2D eigenvalue weighted by Crippen LogP contribution is 2.17. The van der Waals surface area contributed by atoms with E-state index in [0.29, 0.717) is 12.6 Å². The molecule has 0 saturated heterocycles. The van der Waals surface area contributed by atoms with Crippen molar-refractivity contribution in [3.8, 4) is 5.75 Å². The third kappa shape index (κ3) is 3.58. The quantitative estimate of drug-likeness (QED) is 0.866. The van der Waals surface area contributed by atoms with E-state index in [1.165, 1.54) is 5.56 Å². The van der Waals surface area contributed by atoms with E-state index in [2.05, 4.69) is 33.9 Å². The molecule has 0 aliphatic carbocycles. The second-order valence-corrected chi connectivity index (χ2v) is 4.60. The van der Waals surface area contributed by atoms with Crippen LogP contribution in [0.2, 0.25) is 0 Å². The van der Waals surface area contributed by atoms with E-state index in [4.69, 9.17) is 4.74 Å². The molecule has 4 heteroatoms. The first kappa shape index (κ1) is 13.6. The van der Waals surface area contributed by atoms with Crippen molar-refractivity contribution in [1.82, 2.24) is 14.9 Å². The average Bonchev–Trinajstić information content (AvgIpc) is 2.84. The number of nitrogens with zero attached hydrogens (tertiary/aromatic N) is 2. The second kappa shape index (κ2) is 6.38. The van der Waals surface area contributed by atoms with Crippen LogP contribution < -0.4 is 10.1 Å². The number of nitrogens with one attached hydrogen (secondary N) is 1. The van der Waals surface area contributed by atoms with Crippen LogP contribution >= 0.6 is 0 Å². The molecule has 0 saturated carbocycles. The maximum atomic E-state index is 5.73. The van der Waals surface area contributed by atoms with E-state index in [1.807, 2.05) is 38.5 Å². The summed E-state index contributed by atoms with van der Waals surface area (Å²) >= 11 is 0. The Kier molecular flexibility index (Phi) is 4.58. The minimum absolute atomic E-state index is 0.364. The van der Waals surface area contributed by atoms with Gasteiger partial charge in [0, 0.05) is 18.4 Å². The van der Waals surface area contributed by atoms with Gasteiger partial charge in [0.25, 0.3) is 0 Å². The summed E-state index contributed by atoms with van der Waals surface area (Å²) in [5, 5.41) is 3.22. The number of hydrogen-bond acceptors (Lipinski definition) is 3. The van der Waals surface area contributed by atoms with Crippen molar-refractivity contribution in [2.75, 3.05) is 13.7 Å². The Labute approximate surface area is 114 Å². The molecule has 2 rings (SSSR count). The van der Waals surface area contributed by atoms with Gasteiger partial charge in [-0.25, -0.2) is 4.98 Å². The van der Waals surface area contributed by atoms with Crippen molar-refractivity contribution in [1.29, 1.82) is 0 Å². The lowest BCUT2D eigenvalue weighted by atomic mass is 10.1. The van der Waals surface area contributed by atoms with Gasteiger partial charge < -0.3 is 14.6 Å². The van der Waals surface area contributed by atoms with Gasteiger partial charge in [-0.15, -0.1) is 0 Å². The smallest absolute Gasteiger partial charge is 0.119 e. The Balaban J connectivity index is 1.85. The second-order valence-electron chi connectivity index (χ2n) is 4.60. The first-order chi connectivity index (χ1) is 9.20. The van der Waals surface area contributed by atoms with Gasteiger partial charge in [0.2, 0.25) is 0 Å². The Morgan fingerprint density at radius 2 is 2.05 bits per heavy atom. The first-order valence-corrected chi connectivity index (χ1v) is 6.58. The number of aromatic nitrogens is 2. The third-order valence-corrected chi connectivity index (χ3v) is 3.34. The fourth-order valence-corrected chi connectivity index (χ4v) is 1.92. The Hall–Kier alpha value is -1.81. The van der Waals surface area contributed by atoms with E-state index in [1.54, 1.807) is 0 Å². The van der Waals surface area contributed by atoms with Crippen LogP contribution in [0, 0.1) is 6.92 Å². The highest BCUT2D eigenvalue weighted by Gasteiger charge is 2.02. The Morgan fingerprint density at radius 1 is 1.32 bits per heavy atom. The standard InChI is InChI=1S/C15H21N3O/c1-12(16-3)14-4-6-15(7-5-14)19-11-10-18-9-8-17-13(18)2/h4-9,12,16H,10-11H2,1-3H3. The van der Waals surface area contributed by atoms with E-state index < -0.39 is 0 Å². The zero-order chi connectivity index (χ0) is 13.7. The van der Waals surface area contributed by atoms with Crippen LogP contribution in [0.5, 0.6) is 5.75 Å². The summed E-state index contributed by atoms with van der Waals surface area (Å²) in [6, 6.07) is 8.59. The average molecular weight is 259 g/mol. The van der Waals surface area contributed by atoms with Crippen LogP contribution in [0.4, 0.5) is 0 Å². The predicted octanol–water partition coefficient (Wildman–Crippen LogP) is 2.55. The summed E-state index contributed by atoms with van der Waals surface area (Å²) in [6.45, 7) is 5.60. The summed E-state index contributed by atoms with van der Waals surface area (Å²) in [5.41, 5.74) is 1.26. The molecule has 1 N–H and O–H groups in total. The van der Waals surface area contributed by atoms with Crippen LogP contribution in [0.1, 0.15) is 24.4 Å². The molecule has 0 aliphatic heterocycles. The summed E-state index contributed by atoms with van der Waals surface area (Å²) in [6.07, 6.45) is 3.78. The number of imidazole rings is 1. The van der Waals surface area contributed by atoms with Crippen LogP contribution in [0.15, 0.2) is 36.7 Å². The summed E-state index contributed by atoms with van der Waals surface area (Å²) < 4.78 is 7.81. The molecule has 1 aromatic heterocycles. The summed E-state index contributed by atoms with van der Waals surface area (Å²) in [4.78, 5) is 4.18. The fraction of sp³-hybridized carbons (Fsp3) is 0.400. The number of rotatable bonds is 6. The van der Waals surface area contributed by atoms with Crippen molar-refractivity contribution < 1.29 is 4.74 Å². The van der Waals surface area contributed by atoms with E-state index in [0.717, 1.165) is 18.1 Å².